The van der Waals surface area contributed by atoms with Crippen LogP contribution in [0, 0.1) is 0 Å². The van der Waals surface area contributed by atoms with Gasteiger partial charge >= 0.3 is 0 Å². The molecular formula is C34H39N7O5S. The number of anilines is 3. The summed E-state index contributed by atoms with van der Waals surface area (Å²) in [5, 5.41) is 11.4. The van der Waals surface area contributed by atoms with Crippen LogP contribution in [0.5, 0.6) is 5.75 Å². The molecule has 1 fully saturated rings. The number of piperazine rings is 1. The number of sulfonamides is 1. The SMILES string of the molecule is COc1ccc(S(=O)(=O)Nc2ccc(Nc3cc(-c4cn(CCCN5CCN(C)CC5)c5ccccc45)ncn3)cc2)cc1.O=CO. The van der Waals surface area contributed by atoms with E-state index in [4.69, 9.17) is 14.6 Å². The Morgan fingerprint density at radius 2 is 1.60 bits per heavy atom. The van der Waals surface area contributed by atoms with Crippen molar-refractivity contribution in [3.05, 3.63) is 91.4 Å². The highest BCUT2D eigenvalue weighted by molar-refractivity contribution is 7.92. The molecule has 3 aromatic carbocycles. The minimum atomic E-state index is -3.73. The van der Waals surface area contributed by atoms with Crippen molar-refractivity contribution in [2.75, 3.05) is 56.9 Å². The topological polar surface area (TPSA) is 142 Å². The number of rotatable bonds is 11. The molecule has 3 heterocycles. The predicted molar refractivity (Wildman–Crippen MR) is 184 cm³/mol. The number of carboxylic acid groups (broad SMARTS) is 1. The molecule has 1 aliphatic rings. The van der Waals surface area contributed by atoms with E-state index in [1.54, 1.807) is 42.7 Å². The lowest BCUT2D eigenvalue weighted by Gasteiger charge is -2.32. The first-order valence-electron chi connectivity index (χ1n) is 15.2. The van der Waals surface area contributed by atoms with Crippen LogP contribution >= 0.6 is 0 Å². The lowest BCUT2D eigenvalue weighted by Crippen LogP contribution is -2.44. The third-order valence-corrected chi connectivity index (χ3v) is 9.38. The second-order valence-electron chi connectivity index (χ2n) is 11.1. The summed E-state index contributed by atoms with van der Waals surface area (Å²) in [6.07, 6.45) is 4.85. The fourth-order valence-electron chi connectivity index (χ4n) is 5.48. The lowest BCUT2D eigenvalue weighted by atomic mass is 10.1. The molecule has 0 unspecified atom stereocenters. The number of aryl methyl sites for hydroxylation is 1. The van der Waals surface area contributed by atoms with Gasteiger partial charge in [-0.15, -0.1) is 0 Å². The van der Waals surface area contributed by atoms with Gasteiger partial charge in [-0.3, -0.25) is 9.52 Å². The molecule has 3 N–H and O–H groups in total. The summed E-state index contributed by atoms with van der Waals surface area (Å²) in [5.74, 6) is 1.24. The molecule has 12 nitrogen and oxygen atoms in total. The molecule has 13 heteroatoms. The standard InChI is InChI=1S/C33H37N7O3S.CH2O2/c1-38-18-20-39(21-19-38)16-5-17-40-23-30(29-6-3-4-7-32(29)40)31-22-33(35-24-34-31)36-25-8-10-26(11-9-25)37-44(41,42)28-14-12-27(43-2)13-15-28;2-1-3/h3-4,6-15,22-24,37H,5,16-21H2,1-2H3,(H,34,35,36);1H,(H,2,3). The molecule has 1 saturated heterocycles. The van der Waals surface area contributed by atoms with Crippen LogP contribution in [0.3, 0.4) is 0 Å². The van der Waals surface area contributed by atoms with Crippen LogP contribution in [-0.4, -0.2) is 91.2 Å². The second-order valence-corrected chi connectivity index (χ2v) is 12.8. The zero-order valence-corrected chi connectivity index (χ0v) is 27.2. The molecule has 2 aromatic heterocycles. The molecule has 246 valence electrons. The van der Waals surface area contributed by atoms with Gasteiger partial charge in [-0.05, 0) is 74.6 Å². The minimum absolute atomic E-state index is 0.158. The monoisotopic (exact) mass is 657 g/mol. The van der Waals surface area contributed by atoms with Gasteiger partial charge in [0.15, 0.2) is 0 Å². The normalized spacial score (nSPS) is 13.8. The maximum absolute atomic E-state index is 12.8. The van der Waals surface area contributed by atoms with E-state index in [2.05, 4.69) is 71.9 Å². The zero-order valence-electron chi connectivity index (χ0n) is 26.4. The number of nitrogens with zero attached hydrogens (tertiary/aromatic N) is 5. The second kappa shape index (κ2) is 15.5. The number of benzene rings is 3. The van der Waals surface area contributed by atoms with E-state index >= 15 is 0 Å². The molecule has 0 aliphatic carbocycles. The Balaban J connectivity index is 0.00000139. The van der Waals surface area contributed by atoms with Crippen LogP contribution in [0.15, 0.2) is 96.3 Å². The van der Waals surface area contributed by atoms with Gasteiger partial charge in [-0.25, -0.2) is 18.4 Å². The lowest BCUT2D eigenvalue weighted by molar-refractivity contribution is -0.122. The van der Waals surface area contributed by atoms with Crippen LogP contribution in [0.4, 0.5) is 17.2 Å². The number of likely N-dealkylation sites (N-methyl/N-ethyl adjacent to an activating group) is 1. The van der Waals surface area contributed by atoms with Crippen LogP contribution in [0.2, 0.25) is 0 Å². The van der Waals surface area contributed by atoms with Crippen molar-refractivity contribution in [3.8, 4) is 17.0 Å². The predicted octanol–water partition coefficient (Wildman–Crippen LogP) is 4.99. The summed E-state index contributed by atoms with van der Waals surface area (Å²) in [6, 6.07) is 23.7. The van der Waals surface area contributed by atoms with Gasteiger partial charge in [-0.2, -0.15) is 0 Å². The Hall–Kier alpha value is -4.98. The highest BCUT2D eigenvalue weighted by Gasteiger charge is 2.16. The van der Waals surface area contributed by atoms with Crippen LogP contribution in [0.25, 0.3) is 22.2 Å². The zero-order chi connectivity index (χ0) is 33.2. The van der Waals surface area contributed by atoms with Gasteiger partial charge in [0.2, 0.25) is 0 Å². The van der Waals surface area contributed by atoms with E-state index in [1.807, 2.05) is 6.07 Å². The third-order valence-electron chi connectivity index (χ3n) is 7.98. The maximum atomic E-state index is 12.8. The van der Waals surface area contributed by atoms with Crippen molar-refractivity contribution in [2.24, 2.45) is 0 Å². The highest BCUT2D eigenvalue weighted by Crippen LogP contribution is 2.31. The number of hydrogen-bond donors (Lipinski definition) is 3. The molecule has 0 bridgehead atoms. The summed E-state index contributed by atoms with van der Waals surface area (Å²) in [5.41, 5.74) is 4.32. The summed E-state index contributed by atoms with van der Waals surface area (Å²) in [6.45, 7) is 6.32. The first kappa shape index (κ1) is 33.4. The van der Waals surface area contributed by atoms with E-state index in [9.17, 15) is 8.42 Å². The first-order chi connectivity index (χ1) is 22.8. The minimum Gasteiger partial charge on any atom is -0.497 e. The number of fused-ring (bicyclic) bond motifs is 1. The average Bonchev–Trinajstić information content (AvgIpc) is 3.45. The summed E-state index contributed by atoms with van der Waals surface area (Å²) < 4.78 is 35.7. The Morgan fingerprint density at radius 1 is 0.915 bits per heavy atom. The number of aromatic nitrogens is 3. The van der Waals surface area contributed by atoms with Crippen molar-refractivity contribution in [3.63, 3.8) is 0 Å². The summed E-state index contributed by atoms with van der Waals surface area (Å²) in [7, 11) is -0.00360. The average molecular weight is 658 g/mol. The van der Waals surface area contributed by atoms with Crippen molar-refractivity contribution in [2.45, 2.75) is 17.9 Å². The molecule has 0 saturated carbocycles. The molecule has 0 radical (unpaired) electrons. The molecule has 5 aromatic rings. The number of hydrogen-bond acceptors (Lipinski definition) is 9. The number of nitrogens with one attached hydrogen (secondary N) is 2. The number of carbonyl (C=O) groups is 1. The quantitative estimate of drug-likeness (QED) is 0.166. The van der Waals surface area contributed by atoms with Gasteiger partial charge in [0.1, 0.15) is 17.9 Å². The number of ether oxygens (including phenoxy) is 1. The molecule has 1 aliphatic heterocycles. The molecular weight excluding hydrogens is 618 g/mol. The van der Waals surface area contributed by atoms with Gasteiger partial charge in [0, 0.05) is 72.8 Å². The Bertz CT molecular complexity index is 1870. The third kappa shape index (κ3) is 8.64. The van der Waals surface area contributed by atoms with Crippen molar-refractivity contribution in [1.82, 2.24) is 24.3 Å². The fourth-order valence-corrected chi connectivity index (χ4v) is 6.54. The van der Waals surface area contributed by atoms with Gasteiger partial charge < -0.3 is 29.5 Å². The Morgan fingerprint density at radius 3 is 2.30 bits per heavy atom. The summed E-state index contributed by atoms with van der Waals surface area (Å²) in [4.78, 5) is 22.5. The van der Waals surface area contributed by atoms with E-state index in [1.165, 1.54) is 24.8 Å². The number of para-hydroxylation sites is 1. The van der Waals surface area contributed by atoms with Gasteiger partial charge in [0.25, 0.3) is 16.5 Å². The van der Waals surface area contributed by atoms with E-state index in [0.29, 0.717) is 17.3 Å². The molecule has 0 amide bonds. The molecule has 0 atom stereocenters. The van der Waals surface area contributed by atoms with Crippen LogP contribution < -0.4 is 14.8 Å². The first-order valence-corrected chi connectivity index (χ1v) is 16.7. The molecule has 6 rings (SSSR count). The summed E-state index contributed by atoms with van der Waals surface area (Å²) >= 11 is 0. The van der Waals surface area contributed by atoms with E-state index < -0.39 is 10.0 Å². The van der Waals surface area contributed by atoms with Crippen LogP contribution in [-0.2, 0) is 21.4 Å². The molecule has 0 spiro atoms. The van der Waals surface area contributed by atoms with E-state index in [-0.39, 0.29) is 11.4 Å². The van der Waals surface area contributed by atoms with Crippen molar-refractivity contribution >= 4 is 44.6 Å². The highest BCUT2D eigenvalue weighted by atomic mass is 32.2. The van der Waals surface area contributed by atoms with E-state index in [0.717, 1.165) is 68.0 Å². The largest absolute Gasteiger partial charge is 0.497 e. The number of methoxy groups -OCH3 is 1. The Kier molecular flexibility index (Phi) is 11.0. The van der Waals surface area contributed by atoms with Crippen molar-refractivity contribution < 1.29 is 23.1 Å². The van der Waals surface area contributed by atoms with Crippen molar-refractivity contribution in [1.29, 1.82) is 0 Å². The van der Waals surface area contributed by atoms with Gasteiger partial charge in [0.05, 0.1) is 17.7 Å². The maximum Gasteiger partial charge on any atom is 0.290 e. The fraction of sp³-hybridized carbons (Fsp3) is 0.265. The Labute approximate surface area is 274 Å². The smallest absolute Gasteiger partial charge is 0.290 e. The van der Waals surface area contributed by atoms with Crippen LogP contribution in [0.1, 0.15) is 6.42 Å². The molecule has 47 heavy (non-hydrogen) atoms. The van der Waals surface area contributed by atoms with Gasteiger partial charge in [-0.1, -0.05) is 18.2 Å².